The summed E-state index contributed by atoms with van der Waals surface area (Å²) in [6, 6.07) is 1.77. The van der Waals surface area contributed by atoms with Crippen LogP contribution >= 0.6 is 0 Å². The highest BCUT2D eigenvalue weighted by molar-refractivity contribution is 4.95. The summed E-state index contributed by atoms with van der Waals surface area (Å²) in [5.74, 6) is 3.18. The summed E-state index contributed by atoms with van der Waals surface area (Å²) in [7, 11) is 0. The smallest absolute Gasteiger partial charge is 0.0101 e. The van der Waals surface area contributed by atoms with Crippen LogP contribution in [0.3, 0.4) is 0 Å². The van der Waals surface area contributed by atoms with Gasteiger partial charge < -0.3 is 5.32 Å². The third-order valence-corrected chi connectivity index (χ3v) is 5.61. The maximum atomic E-state index is 3.99. The van der Waals surface area contributed by atoms with Crippen LogP contribution in [0.5, 0.6) is 0 Å². The molecule has 1 heteroatoms. The van der Waals surface area contributed by atoms with Crippen molar-refractivity contribution in [3.63, 3.8) is 0 Å². The molecule has 92 valence electrons. The molecular formula is C15H27N. The Kier molecular flexibility index (Phi) is 3.24. The van der Waals surface area contributed by atoms with E-state index >= 15 is 0 Å². The van der Waals surface area contributed by atoms with Crippen LogP contribution in [0, 0.1) is 17.8 Å². The van der Waals surface area contributed by atoms with Crippen molar-refractivity contribution < 1.29 is 0 Å². The Morgan fingerprint density at radius 3 is 2.31 bits per heavy atom. The molecule has 3 aliphatic carbocycles. The third-order valence-electron chi connectivity index (χ3n) is 5.61. The summed E-state index contributed by atoms with van der Waals surface area (Å²) < 4.78 is 0. The van der Waals surface area contributed by atoms with Crippen molar-refractivity contribution >= 4 is 0 Å². The Hall–Kier alpha value is -0.0400. The molecule has 0 aliphatic heterocycles. The van der Waals surface area contributed by atoms with E-state index in [-0.39, 0.29) is 0 Å². The second kappa shape index (κ2) is 4.68. The number of fused-ring (bicyclic) bond motifs is 2. The van der Waals surface area contributed by atoms with E-state index in [9.17, 15) is 0 Å². The SMILES string of the molecule is CCC1CCC(NC2CC3CCC2C3)CC1. The standard InChI is InChI=1S/C15H27N/c1-2-11-4-7-14(8-5-11)16-15-10-12-3-6-13(15)9-12/h11-16H,2-10H2,1H3. The lowest BCUT2D eigenvalue weighted by Gasteiger charge is -2.33. The minimum atomic E-state index is 0.868. The van der Waals surface area contributed by atoms with Crippen LogP contribution in [0.2, 0.25) is 0 Å². The van der Waals surface area contributed by atoms with Crippen molar-refractivity contribution in [2.24, 2.45) is 17.8 Å². The molecule has 0 aromatic heterocycles. The zero-order valence-corrected chi connectivity index (χ0v) is 10.8. The summed E-state index contributed by atoms with van der Waals surface area (Å²) in [5.41, 5.74) is 0. The Labute approximate surface area is 100 Å². The average Bonchev–Trinajstić information content (AvgIpc) is 2.92. The van der Waals surface area contributed by atoms with Crippen LogP contribution in [0.4, 0.5) is 0 Å². The van der Waals surface area contributed by atoms with Gasteiger partial charge in [0, 0.05) is 12.1 Å². The minimum absolute atomic E-state index is 0.868. The van der Waals surface area contributed by atoms with Crippen LogP contribution < -0.4 is 5.32 Å². The molecule has 2 bridgehead atoms. The lowest BCUT2D eigenvalue weighted by Crippen LogP contribution is -2.43. The largest absolute Gasteiger partial charge is 0.311 e. The van der Waals surface area contributed by atoms with Crippen LogP contribution in [-0.4, -0.2) is 12.1 Å². The molecule has 0 aromatic carbocycles. The lowest BCUT2D eigenvalue weighted by atomic mass is 9.83. The maximum Gasteiger partial charge on any atom is 0.0101 e. The molecule has 3 saturated carbocycles. The van der Waals surface area contributed by atoms with Gasteiger partial charge in [-0.2, -0.15) is 0 Å². The van der Waals surface area contributed by atoms with E-state index in [0.717, 1.165) is 29.8 Å². The Morgan fingerprint density at radius 2 is 1.75 bits per heavy atom. The summed E-state index contributed by atoms with van der Waals surface area (Å²) in [5, 5.41) is 3.99. The van der Waals surface area contributed by atoms with Gasteiger partial charge in [0.2, 0.25) is 0 Å². The quantitative estimate of drug-likeness (QED) is 0.765. The van der Waals surface area contributed by atoms with Gasteiger partial charge in [-0.3, -0.25) is 0 Å². The van der Waals surface area contributed by atoms with Crippen molar-refractivity contribution in [3.8, 4) is 0 Å². The first-order valence-electron chi connectivity index (χ1n) is 7.61. The van der Waals surface area contributed by atoms with Gasteiger partial charge in [0.1, 0.15) is 0 Å². The van der Waals surface area contributed by atoms with Gasteiger partial charge in [-0.1, -0.05) is 19.8 Å². The summed E-state index contributed by atoms with van der Waals surface area (Å²) in [6.07, 6.45) is 13.4. The fraction of sp³-hybridized carbons (Fsp3) is 1.00. The fourth-order valence-corrected chi connectivity index (χ4v) is 4.49. The monoisotopic (exact) mass is 221 g/mol. The van der Waals surface area contributed by atoms with Crippen LogP contribution in [0.25, 0.3) is 0 Å². The topological polar surface area (TPSA) is 12.0 Å². The molecular weight excluding hydrogens is 194 g/mol. The normalized spacial score (nSPS) is 47.4. The highest BCUT2D eigenvalue weighted by atomic mass is 15.0. The van der Waals surface area contributed by atoms with E-state index < -0.39 is 0 Å². The second-order valence-electron chi connectivity index (χ2n) is 6.57. The fourth-order valence-electron chi connectivity index (χ4n) is 4.49. The maximum absolute atomic E-state index is 3.99. The van der Waals surface area contributed by atoms with Crippen LogP contribution in [0.15, 0.2) is 0 Å². The molecule has 0 radical (unpaired) electrons. The van der Waals surface area contributed by atoms with Crippen LogP contribution in [-0.2, 0) is 0 Å². The van der Waals surface area contributed by atoms with Gasteiger partial charge >= 0.3 is 0 Å². The first-order valence-corrected chi connectivity index (χ1v) is 7.61. The molecule has 3 fully saturated rings. The van der Waals surface area contributed by atoms with E-state index in [0.29, 0.717) is 0 Å². The zero-order chi connectivity index (χ0) is 11.0. The Bertz CT molecular complexity index is 230. The predicted octanol–water partition coefficient (Wildman–Crippen LogP) is 3.73. The zero-order valence-electron chi connectivity index (χ0n) is 10.8. The van der Waals surface area contributed by atoms with E-state index in [4.69, 9.17) is 0 Å². The summed E-state index contributed by atoms with van der Waals surface area (Å²) in [4.78, 5) is 0. The van der Waals surface area contributed by atoms with Crippen molar-refractivity contribution in [2.45, 2.75) is 76.8 Å². The predicted molar refractivity (Wildman–Crippen MR) is 68.4 cm³/mol. The first-order chi connectivity index (χ1) is 7.85. The molecule has 3 atom stereocenters. The van der Waals surface area contributed by atoms with Gasteiger partial charge in [0.05, 0.1) is 0 Å². The average molecular weight is 221 g/mol. The molecule has 0 spiro atoms. The number of rotatable bonds is 3. The molecule has 3 unspecified atom stereocenters. The van der Waals surface area contributed by atoms with Gasteiger partial charge in [-0.05, 0) is 62.7 Å². The highest BCUT2D eigenvalue weighted by Crippen LogP contribution is 2.45. The molecule has 3 rings (SSSR count). The van der Waals surface area contributed by atoms with Gasteiger partial charge in [0.25, 0.3) is 0 Å². The Balaban J connectivity index is 1.46. The van der Waals surface area contributed by atoms with Gasteiger partial charge in [0.15, 0.2) is 0 Å². The van der Waals surface area contributed by atoms with Crippen LogP contribution in [0.1, 0.15) is 64.7 Å². The van der Waals surface area contributed by atoms with E-state index in [2.05, 4.69) is 12.2 Å². The molecule has 1 nitrogen and oxygen atoms in total. The summed E-state index contributed by atoms with van der Waals surface area (Å²) in [6.45, 7) is 2.36. The van der Waals surface area contributed by atoms with Crippen molar-refractivity contribution in [1.82, 2.24) is 5.32 Å². The molecule has 0 amide bonds. The van der Waals surface area contributed by atoms with Crippen molar-refractivity contribution in [3.05, 3.63) is 0 Å². The number of hydrogen-bond acceptors (Lipinski definition) is 1. The number of hydrogen-bond donors (Lipinski definition) is 1. The molecule has 1 N–H and O–H groups in total. The first kappa shape index (κ1) is 11.1. The minimum Gasteiger partial charge on any atom is -0.311 e. The second-order valence-corrected chi connectivity index (χ2v) is 6.57. The highest BCUT2D eigenvalue weighted by Gasteiger charge is 2.40. The molecule has 3 aliphatic rings. The van der Waals surface area contributed by atoms with Gasteiger partial charge in [-0.25, -0.2) is 0 Å². The van der Waals surface area contributed by atoms with Crippen molar-refractivity contribution in [1.29, 1.82) is 0 Å². The van der Waals surface area contributed by atoms with E-state index in [1.165, 1.54) is 51.4 Å². The Morgan fingerprint density at radius 1 is 0.938 bits per heavy atom. The van der Waals surface area contributed by atoms with E-state index in [1.807, 2.05) is 0 Å². The van der Waals surface area contributed by atoms with Gasteiger partial charge in [-0.15, -0.1) is 0 Å². The lowest BCUT2D eigenvalue weighted by molar-refractivity contribution is 0.240. The summed E-state index contributed by atoms with van der Waals surface area (Å²) >= 11 is 0. The molecule has 16 heavy (non-hydrogen) atoms. The molecule has 0 heterocycles. The number of nitrogens with one attached hydrogen (secondary N) is 1. The third kappa shape index (κ3) is 2.16. The molecule has 0 saturated heterocycles. The van der Waals surface area contributed by atoms with Crippen molar-refractivity contribution in [2.75, 3.05) is 0 Å². The molecule has 0 aromatic rings. The van der Waals surface area contributed by atoms with E-state index in [1.54, 1.807) is 6.42 Å².